The van der Waals surface area contributed by atoms with Crippen LogP contribution >= 0.6 is 0 Å². The van der Waals surface area contributed by atoms with Crippen LogP contribution in [0.5, 0.6) is 0 Å². The highest BCUT2D eigenvalue weighted by atomic mass is 15.3. The van der Waals surface area contributed by atoms with Crippen LogP contribution in [-0.2, 0) is 0 Å². The van der Waals surface area contributed by atoms with E-state index >= 15 is 0 Å². The van der Waals surface area contributed by atoms with Gasteiger partial charge in [0.2, 0.25) is 0 Å². The van der Waals surface area contributed by atoms with E-state index < -0.39 is 0 Å². The highest BCUT2D eigenvalue weighted by Gasteiger charge is 2.35. The molecule has 1 saturated heterocycles. The van der Waals surface area contributed by atoms with E-state index in [-0.39, 0.29) is 0 Å². The molecule has 0 amide bonds. The van der Waals surface area contributed by atoms with Crippen molar-refractivity contribution in [3.63, 3.8) is 0 Å². The average Bonchev–Trinajstić information content (AvgIpc) is 3.16. The van der Waals surface area contributed by atoms with Gasteiger partial charge < -0.3 is 4.98 Å². The maximum Gasteiger partial charge on any atom is 0.0886 e. The Morgan fingerprint density at radius 1 is 0.923 bits per heavy atom. The number of aromatic amines is 1. The van der Waals surface area contributed by atoms with Gasteiger partial charge in [-0.15, -0.1) is 0 Å². The number of hydrogen-bond donors (Lipinski definition) is 1. The van der Waals surface area contributed by atoms with Gasteiger partial charge in [0.05, 0.1) is 6.17 Å². The third kappa shape index (κ3) is 2.67. The Hall–Kier alpha value is -2.10. The largest absolute Gasteiger partial charge is 0.361 e. The van der Waals surface area contributed by atoms with Crippen LogP contribution in [0.1, 0.15) is 48.0 Å². The second-order valence-corrected chi connectivity index (χ2v) is 7.92. The summed E-state index contributed by atoms with van der Waals surface area (Å²) in [6.45, 7) is 3.52. The highest BCUT2D eigenvalue weighted by Crippen LogP contribution is 2.41. The molecular weight excluding hydrogens is 318 g/mol. The summed E-state index contributed by atoms with van der Waals surface area (Å²) in [5.74, 6) is 0.435. The van der Waals surface area contributed by atoms with Gasteiger partial charge in [0.25, 0.3) is 0 Å². The van der Waals surface area contributed by atoms with Crippen LogP contribution in [-0.4, -0.2) is 41.5 Å². The van der Waals surface area contributed by atoms with E-state index in [1.54, 1.807) is 0 Å². The summed E-state index contributed by atoms with van der Waals surface area (Å²) in [7, 11) is 2.30. The smallest absolute Gasteiger partial charge is 0.0886 e. The summed E-state index contributed by atoms with van der Waals surface area (Å²) in [6.07, 6.45) is 6.51. The van der Waals surface area contributed by atoms with Crippen molar-refractivity contribution < 1.29 is 0 Å². The summed E-state index contributed by atoms with van der Waals surface area (Å²) in [5, 5.41) is 1.29. The van der Waals surface area contributed by atoms with Gasteiger partial charge >= 0.3 is 0 Å². The van der Waals surface area contributed by atoms with Crippen LogP contribution in [0.2, 0.25) is 0 Å². The van der Waals surface area contributed by atoms with Crippen LogP contribution in [0.25, 0.3) is 10.9 Å². The zero-order valence-corrected chi connectivity index (χ0v) is 15.5. The van der Waals surface area contributed by atoms with Crippen LogP contribution in [0.4, 0.5) is 0 Å². The zero-order chi connectivity index (χ0) is 17.5. The minimum atomic E-state index is 0.428. The number of rotatable bonds is 2. The second kappa shape index (κ2) is 6.57. The summed E-state index contributed by atoms with van der Waals surface area (Å²) >= 11 is 0. The van der Waals surface area contributed by atoms with Crippen molar-refractivity contribution in [3.05, 3.63) is 71.4 Å². The standard InChI is InChI=1S/C23H27N3/c1-25-16-21(18-10-9-17-11-12-24-22(17)15-18)19-7-3-4-8-20(19)23(25)26-13-5-2-6-14-26/h3-4,7-12,15,21,23-24H,2,5-6,13-14,16H2,1H3. The minimum Gasteiger partial charge on any atom is -0.361 e. The van der Waals surface area contributed by atoms with Gasteiger partial charge in [-0.2, -0.15) is 0 Å². The van der Waals surface area contributed by atoms with Crippen LogP contribution < -0.4 is 0 Å². The Morgan fingerprint density at radius 3 is 2.58 bits per heavy atom. The fourth-order valence-electron chi connectivity index (χ4n) is 4.99. The first-order chi connectivity index (χ1) is 12.8. The van der Waals surface area contributed by atoms with Gasteiger partial charge in [0, 0.05) is 24.2 Å². The van der Waals surface area contributed by atoms with Crippen molar-refractivity contribution in [1.82, 2.24) is 14.8 Å². The number of nitrogens with one attached hydrogen (secondary N) is 1. The number of H-pyrrole nitrogens is 1. The highest BCUT2D eigenvalue weighted by molar-refractivity contribution is 5.80. The number of hydrogen-bond acceptors (Lipinski definition) is 2. The average molecular weight is 345 g/mol. The minimum absolute atomic E-state index is 0.428. The van der Waals surface area contributed by atoms with Crippen molar-refractivity contribution >= 4 is 10.9 Å². The maximum atomic E-state index is 3.37. The molecule has 3 heteroatoms. The summed E-state index contributed by atoms with van der Waals surface area (Å²) < 4.78 is 0. The number of likely N-dealkylation sites (tertiary alicyclic amines) is 1. The molecule has 5 rings (SSSR count). The van der Waals surface area contributed by atoms with E-state index in [1.165, 1.54) is 59.9 Å². The lowest BCUT2D eigenvalue weighted by atomic mass is 9.82. The van der Waals surface area contributed by atoms with E-state index in [0.717, 1.165) is 6.54 Å². The number of piperidine rings is 1. The van der Waals surface area contributed by atoms with Crippen LogP contribution in [0, 0.1) is 0 Å². The molecule has 26 heavy (non-hydrogen) atoms. The molecule has 2 aromatic carbocycles. The number of aromatic nitrogens is 1. The van der Waals surface area contributed by atoms with Gasteiger partial charge in [0.1, 0.15) is 0 Å². The van der Waals surface area contributed by atoms with Crippen LogP contribution in [0.15, 0.2) is 54.7 Å². The molecule has 2 atom stereocenters. The van der Waals surface area contributed by atoms with Crippen LogP contribution in [0.3, 0.4) is 0 Å². The molecule has 3 aromatic rings. The fourth-order valence-corrected chi connectivity index (χ4v) is 4.99. The summed E-state index contributed by atoms with van der Waals surface area (Å²) in [6, 6.07) is 18.2. The molecule has 0 aliphatic carbocycles. The molecule has 0 bridgehead atoms. The maximum absolute atomic E-state index is 3.37. The Bertz CT molecular complexity index is 906. The molecule has 3 heterocycles. The first-order valence-corrected chi connectivity index (χ1v) is 9.91. The van der Waals surface area contributed by atoms with Crippen molar-refractivity contribution in [2.75, 3.05) is 26.7 Å². The zero-order valence-electron chi connectivity index (χ0n) is 15.5. The van der Waals surface area contributed by atoms with Gasteiger partial charge in [-0.05, 0) is 67.2 Å². The van der Waals surface area contributed by atoms with Gasteiger partial charge in [0.15, 0.2) is 0 Å². The van der Waals surface area contributed by atoms with E-state index in [2.05, 4.69) is 70.4 Å². The summed E-state index contributed by atoms with van der Waals surface area (Å²) in [4.78, 5) is 8.63. The van der Waals surface area contributed by atoms with E-state index in [9.17, 15) is 0 Å². The Kier molecular flexibility index (Phi) is 4.07. The van der Waals surface area contributed by atoms with E-state index in [0.29, 0.717) is 12.1 Å². The van der Waals surface area contributed by atoms with Crippen molar-refractivity contribution in [1.29, 1.82) is 0 Å². The molecule has 2 aliphatic heterocycles. The number of likely N-dealkylation sites (N-methyl/N-ethyl adjacent to an activating group) is 1. The third-order valence-corrected chi connectivity index (χ3v) is 6.26. The molecule has 1 fully saturated rings. The number of fused-ring (bicyclic) bond motifs is 2. The predicted octanol–water partition coefficient (Wildman–Crippen LogP) is 4.73. The lowest BCUT2D eigenvalue weighted by molar-refractivity contribution is 0.0338. The topological polar surface area (TPSA) is 22.3 Å². The first-order valence-electron chi connectivity index (χ1n) is 9.91. The normalized spacial score (nSPS) is 24.7. The number of nitrogens with zero attached hydrogens (tertiary/aromatic N) is 2. The molecule has 0 spiro atoms. The molecule has 2 unspecified atom stereocenters. The molecule has 134 valence electrons. The third-order valence-electron chi connectivity index (χ3n) is 6.26. The predicted molar refractivity (Wildman–Crippen MR) is 107 cm³/mol. The van der Waals surface area contributed by atoms with Crippen molar-refractivity contribution in [2.24, 2.45) is 0 Å². The van der Waals surface area contributed by atoms with Gasteiger partial charge in [-0.25, -0.2) is 0 Å². The SMILES string of the molecule is CN1CC(c2ccc3cc[nH]c3c2)c2ccccc2C1N1CCCCC1. The quantitative estimate of drug-likeness (QED) is 0.725. The number of benzene rings is 2. The molecule has 0 saturated carbocycles. The molecule has 3 nitrogen and oxygen atoms in total. The van der Waals surface area contributed by atoms with Gasteiger partial charge in [-0.1, -0.05) is 42.8 Å². The summed E-state index contributed by atoms with van der Waals surface area (Å²) in [5.41, 5.74) is 5.66. The van der Waals surface area contributed by atoms with Gasteiger partial charge in [-0.3, -0.25) is 9.80 Å². The second-order valence-electron chi connectivity index (χ2n) is 7.92. The Balaban J connectivity index is 1.56. The molecule has 1 N–H and O–H groups in total. The Morgan fingerprint density at radius 2 is 1.73 bits per heavy atom. The molecule has 1 aromatic heterocycles. The lowest BCUT2D eigenvalue weighted by Gasteiger charge is -2.46. The van der Waals surface area contributed by atoms with E-state index in [4.69, 9.17) is 0 Å². The molecule has 2 aliphatic rings. The molecule has 0 radical (unpaired) electrons. The Labute approximate surface area is 155 Å². The van der Waals surface area contributed by atoms with E-state index in [1.807, 2.05) is 6.20 Å². The van der Waals surface area contributed by atoms with Crippen molar-refractivity contribution in [3.8, 4) is 0 Å². The fraction of sp³-hybridized carbons (Fsp3) is 0.391. The first kappa shape index (κ1) is 16.1. The van der Waals surface area contributed by atoms with Crippen molar-refractivity contribution in [2.45, 2.75) is 31.3 Å². The lowest BCUT2D eigenvalue weighted by Crippen LogP contribution is -2.46. The monoisotopic (exact) mass is 345 g/mol. The molecular formula is C23H27N3.